The van der Waals surface area contributed by atoms with Crippen molar-refractivity contribution in [3.05, 3.63) is 24.0 Å². The van der Waals surface area contributed by atoms with Crippen molar-refractivity contribution >= 4 is 11.8 Å². The maximum atomic E-state index is 12.2. The molecular formula is C15H22N4O2. The van der Waals surface area contributed by atoms with Gasteiger partial charge >= 0.3 is 0 Å². The van der Waals surface area contributed by atoms with Crippen LogP contribution in [0.1, 0.15) is 42.2 Å². The van der Waals surface area contributed by atoms with Gasteiger partial charge in [-0.2, -0.15) is 0 Å². The average molecular weight is 290 g/mol. The number of carbonyl (C=O) groups is 2. The molecule has 1 aliphatic heterocycles. The van der Waals surface area contributed by atoms with Crippen LogP contribution in [0.15, 0.2) is 18.3 Å². The fourth-order valence-corrected chi connectivity index (χ4v) is 2.75. The lowest BCUT2D eigenvalue weighted by Gasteiger charge is -2.25. The molecule has 6 nitrogen and oxygen atoms in total. The van der Waals surface area contributed by atoms with Gasteiger partial charge < -0.3 is 20.5 Å². The first kappa shape index (κ1) is 14.1. The summed E-state index contributed by atoms with van der Waals surface area (Å²) in [4.78, 5) is 23.9. The summed E-state index contributed by atoms with van der Waals surface area (Å²) in [6.07, 6.45) is 6.11. The van der Waals surface area contributed by atoms with Gasteiger partial charge in [0.05, 0.1) is 6.54 Å². The highest BCUT2D eigenvalue weighted by Crippen LogP contribution is 2.21. The van der Waals surface area contributed by atoms with E-state index in [1.165, 1.54) is 0 Å². The first-order valence-corrected chi connectivity index (χ1v) is 7.69. The molecular weight excluding hydrogens is 268 g/mol. The molecule has 2 aliphatic rings. The largest absolute Gasteiger partial charge is 0.352 e. The van der Waals surface area contributed by atoms with Crippen molar-refractivity contribution in [3.8, 4) is 0 Å². The Hall–Kier alpha value is -1.82. The van der Waals surface area contributed by atoms with Gasteiger partial charge in [-0.1, -0.05) is 0 Å². The Balaban J connectivity index is 1.56. The molecule has 114 valence electrons. The molecule has 1 aromatic heterocycles. The summed E-state index contributed by atoms with van der Waals surface area (Å²) in [5.41, 5.74) is 0.640. The summed E-state index contributed by atoms with van der Waals surface area (Å²) in [5, 5.41) is 8.90. The monoisotopic (exact) mass is 290 g/mol. The first-order chi connectivity index (χ1) is 10.2. The van der Waals surface area contributed by atoms with Crippen molar-refractivity contribution in [1.82, 2.24) is 20.5 Å². The van der Waals surface area contributed by atoms with Crippen LogP contribution in [-0.2, 0) is 4.79 Å². The zero-order valence-electron chi connectivity index (χ0n) is 12.1. The van der Waals surface area contributed by atoms with E-state index in [4.69, 9.17) is 0 Å². The third kappa shape index (κ3) is 3.64. The molecule has 1 aromatic rings. The summed E-state index contributed by atoms with van der Waals surface area (Å²) in [7, 11) is 0. The topological polar surface area (TPSA) is 75.2 Å². The molecule has 3 N–H and O–H groups in total. The fourth-order valence-electron chi connectivity index (χ4n) is 2.75. The molecule has 0 unspecified atom stereocenters. The van der Waals surface area contributed by atoms with Gasteiger partial charge in [0.15, 0.2) is 0 Å². The van der Waals surface area contributed by atoms with Crippen molar-refractivity contribution in [2.75, 3.05) is 19.6 Å². The van der Waals surface area contributed by atoms with Crippen molar-refractivity contribution in [2.45, 2.75) is 37.8 Å². The van der Waals surface area contributed by atoms with Gasteiger partial charge in [-0.25, -0.2) is 0 Å². The van der Waals surface area contributed by atoms with E-state index in [1.807, 2.05) is 22.9 Å². The van der Waals surface area contributed by atoms with Crippen molar-refractivity contribution in [2.24, 2.45) is 0 Å². The number of nitrogens with one attached hydrogen (secondary N) is 3. The minimum Gasteiger partial charge on any atom is -0.352 e. The maximum absolute atomic E-state index is 12.2. The van der Waals surface area contributed by atoms with E-state index in [0.29, 0.717) is 17.8 Å². The predicted molar refractivity (Wildman–Crippen MR) is 79.1 cm³/mol. The second-order valence-electron chi connectivity index (χ2n) is 5.81. The number of nitrogens with zero attached hydrogens (tertiary/aromatic N) is 1. The molecule has 0 atom stereocenters. The third-order valence-electron chi connectivity index (χ3n) is 4.07. The van der Waals surface area contributed by atoms with Crippen molar-refractivity contribution < 1.29 is 9.59 Å². The minimum absolute atomic E-state index is 0.0483. The fraction of sp³-hybridized carbons (Fsp3) is 0.600. The number of aromatic nitrogens is 1. The zero-order valence-corrected chi connectivity index (χ0v) is 12.1. The van der Waals surface area contributed by atoms with Crippen LogP contribution in [0.3, 0.4) is 0 Å². The number of rotatable bonds is 5. The number of amides is 2. The van der Waals surface area contributed by atoms with Gasteiger partial charge in [-0.15, -0.1) is 0 Å². The van der Waals surface area contributed by atoms with Crippen molar-refractivity contribution in [1.29, 1.82) is 0 Å². The molecule has 2 heterocycles. The van der Waals surface area contributed by atoms with E-state index in [2.05, 4.69) is 16.0 Å². The summed E-state index contributed by atoms with van der Waals surface area (Å²) in [6.45, 7) is 2.01. The number of piperidine rings is 1. The van der Waals surface area contributed by atoms with Crippen LogP contribution >= 0.6 is 0 Å². The van der Waals surface area contributed by atoms with Crippen LogP contribution in [0, 0.1) is 0 Å². The van der Waals surface area contributed by atoms with Crippen LogP contribution in [0.2, 0.25) is 0 Å². The zero-order chi connectivity index (χ0) is 14.7. The Morgan fingerprint density at radius 2 is 2.00 bits per heavy atom. The summed E-state index contributed by atoms with van der Waals surface area (Å²) in [6, 6.07) is 4.40. The second-order valence-corrected chi connectivity index (χ2v) is 5.81. The van der Waals surface area contributed by atoms with E-state index >= 15 is 0 Å². The van der Waals surface area contributed by atoms with Crippen molar-refractivity contribution in [3.63, 3.8) is 0 Å². The Kier molecular flexibility index (Phi) is 4.24. The van der Waals surface area contributed by atoms with Gasteiger partial charge in [-0.05, 0) is 50.9 Å². The van der Waals surface area contributed by atoms with E-state index in [0.717, 1.165) is 38.8 Å². The molecule has 21 heavy (non-hydrogen) atoms. The van der Waals surface area contributed by atoms with E-state index in [-0.39, 0.29) is 18.4 Å². The second kappa shape index (κ2) is 6.30. The molecule has 1 saturated carbocycles. The Morgan fingerprint density at radius 1 is 1.24 bits per heavy atom. The average Bonchev–Trinajstić information content (AvgIpc) is 3.18. The van der Waals surface area contributed by atoms with Crippen LogP contribution in [0.5, 0.6) is 0 Å². The van der Waals surface area contributed by atoms with Gasteiger partial charge in [0.1, 0.15) is 5.69 Å². The molecule has 0 bridgehead atoms. The normalized spacial score (nSPS) is 19.2. The van der Waals surface area contributed by atoms with E-state index < -0.39 is 0 Å². The minimum atomic E-state index is -0.176. The van der Waals surface area contributed by atoms with E-state index in [1.54, 1.807) is 0 Å². The molecule has 0 aromatic carbocycles. The number of hydrogen-bond acceptors (Lipinski definition) is 3. The molecule has 2 amide bonds. The SMILES string of the molecule is O=C(CNC(=O)c1cccn1C1CCNCC1)NC1CC1. The summed E-state index contributed by atoms with van der Waals surface area (Å²) < 4.78 is 2.04. The quantitative estimate of drug-likeness (QED) is 0.736. The van der Waals surface area contributed by atoms with Gasteiger partial charge in [0.2, 0.25) is 5.91 Å². The maximum Gasteiger partial charge on any atom is 0.268 e. The van der Waals surface area contributed by atoms with E-state index in [9.17, 15) is 9.59 Å². The smallest absolute Gasteiger partial charge is 0.268 e. The summed E-state index contributed by atoms with van der Waals surface area (Å²) >= 11 is 0. The Morgan fingerprint density at radius 3 is 2.71 bits per heavy atom. The summed E-state index contributed by atoms with van der Waals surface area (Å²) in [5.74, 6) is -0.282. The van der Waals surface area contributed by atoms with Crippen LogP contribution < -0.4 is 16.0 Å². The number of hydrogen-bond donors (Lipinski definition) is 3. The molecule has 6 heteroatoms. The standard InChI is InChI=1S/C15H22N4O2/c20-14(18-11-3-4-11)10-17-15(21)13-2-1-9-19(13)12-5-7-16-8-6-12/h1-2,9,11-12,16H,3-8,10H2,(H,17,21)(H,18,20). The van der Waals surface area contributed by atoms with Gasteiger partial charge in [0, 0.05) is 18.3 Å². The Bertz CT molecular complexity index is 515. The molecule has 3 rings (SSSR count). The molecule has 2 fully saturated rings. The number of carbonyl (C=O) groups excluding carboxylic acids is 2. The highest BCUT2D eigenvalue weighted by Gasteiger charge is 2.24. The highest BCUT2D eigenvalue weighted by molar-refractivity contribution is 5.95. The lowest BCUT2D eigenvalue weighted by molar-refractivity contribution is -0.120. The predicted octanol–water partition coefficient (Wildman–Crippen LogP) is 0.421. The molecule has 1 aliphatic carbocycles. The molecule has 0 radical (unpaired) electrons. The van der Waals surface area contributed by atoms with Gasteiger partial charge in [0.25, 0.3) is 5.91 Å². The van der Waals surface area contributed by atoms with Crippen LogP contribution in [-0.4, -0.2) is 42.1 Å². The van der Waals surface area contributed by atoms with Gasteiger partial charge in [-0.3, -0.25) is 9.59 Å². The third-order valence-corrected chi connectivity index (χ3v) is 4.07. The Labute approximate surface area is 124 Å². The van der Waals surface area contributed by atoms with Crippen LogP contribution in [0.4, 0.5) is 0 Å². The molecule has 1 saturated heterocycles. The highest BCUT2D eigenvalue weighted by atomic mass is 16.2. The first-order valence-electron chi connectivity index (χ1n) is 7.69. The lowest BCUT2D eigenvalue weighted by Crippen LogP contribution is -2.39. The lowest BCUT2D eigenvalue weighted by atomic mass is 10.1. The molecule has 0 spiro atoms. The van der Waals surface area contributed by atoms with Crippen LogP contribution in [0.25, 0.3) is 0 Å².